The molecule has 0 aliphatic carbocycles. The predicted octanol–water partition coefficient (Wildman–Crippen LogP) is 5.62. The molecule has 0 aliphatic heterocycles. The summed E-state index contributed by atoms with van der Waals surface area (Å²) in [5.41, 5.74) is 4.83. The van der Waals surface area contributed by atoms with Gasteiger partial charge in [0.2, 0.25) is 0 Å². The number of benzene rings is 3. The number of hydrogen-bond donors (Lipinski definition) is 2. The highest BCUT2D eigenvalue weighted by Gasteiger charge is 2.12. The zero-order valence-electron chi connectivity index (χ0n) is 17.8. The highest BCUT2D eigenvalue weighted by Crippen LogP contribution is 2.34. The summed E-state index contributed by atoms with van der Waals surface area (Å²) in [7, 11) is 0. The second-order valence-electron chi connectivity index (χ2n) is 6.83. The van der Waals surface area contributed by atoms with Gasteiger partial charge in [0.05, 0.1) is 22.9 Å². The van der Waals surface area contributed by atoms with Crippen LogP contribution in [-0.4, -0.2) is 25.3 Å². The summed E-state index contributed by atoms with van der Waals surface area (Å²) in [6, 6.07) is 16.9. The van der Waals surface area contributed by atoms with Crippen molar-refractivity contribution >= 4 is 52.0 Å². The third-order valence-electron chi connectivity index (χ3n) is 4.33. The maximum absolute atomic E-state index is 12.9. The standard InChI is InChI=1S/C24H22ClFIN3O3/c1-2-32-22-12-17(11-21(27)24(22)33-15-16-3-5-18(25)6-4-16)13-29-30-23(31)14-28-20-9-7-19(26)8-10-20/h3-13,28H,2,14-15H2,1H3,(H,30,31)/b29-13-. The van der Waals surface area contributed by atoms with E-state index in [0.29, 0.717) is 35.4 Å². The highest BCUT2D eigenvalue weighted by atomic mass is 127. The number of ether oxygens (including phenoxy) is 2. The van der Waals surface area contributed by atoms with Gasteiger partial charge in [-0.25, -0.2) is 9.82 Å². The van der Waals surface area contributed by atoms with Crippen LogP contribution in [0.3, 0.4) is 0 Å². The number of anilines is 1. The van der Waals surface area contributed by atoms with Crippen LogP contribution >= 0.6 is 34.2 Å². The van der Waals surface area contributed by atoms with Gasteiger partial charge in [0, 0.05) is 10.7 Å². The highest BCUT2D eigenvalue weighted by molar-refractivity contribution is 14.1. The first-order valence-electron chi connectivity index (χ1n) is 10.1. The average Bonchev–Trinajstić information content (AvgIpc) is 2.79. The summed E-state index contributed by atoms with van der Waals surface area (Å²) < 4.78 is 25.5. The number of carbonyl (C=O) groups excluding carboxylic acids is 1. The fourth-order valence-corrected chi connectivity index (χ4v) is 3.68. The number of nitrogens with one attached hydrogen (secondary N) is 2. The molecule has 3 aromatic rings. The van der Waals surface area contributed by atoms with Crippen LogP contribution in [0.1, 0.15) is 18.1 Å². The normalized spacial score (nSPS) is 10.8. The minimum absolute atomic E-state index is 0.00216. The van der Waals surface area contributed by atoms with Crippen molar-refractivity contribution in [3.8, 4) is 11.5 Å². The van der Waals surface area contributed by atoms with Gasteiger partial charge >= 0.3 is 0 Å². The fraction of sp³-hybridized carbons (Fsp3) is 0.167. The van der Waals surface area contributed by atoms with Crippen LogP contribution in [-0.2, 0) is 11.4 Å². The van der Waals surface area contributed by atoms with Crippen LogP contribution in [0.15, 0.2) is 65.8 Å². The molecule has 172 valence electrons. The Bertz CT molecular complexity index is 1110. The lowest BCUT2D eigenvalue weighted by atomic mass is 10.2. The number of hydrazone groups is 1. The Morgan fingerprint density at radius 1 is 1.12 bits per heavy atom. The Balaban J connectivity index is 1.60. The molecule has 2 N–H and O–H groups in total. The monoisotopic (exact) mass is 581 g/mol. The lowest BCUT2D eigenvalue weighted by Gasteiger charge is -2.15. The molecule has 33 heavy (non-hydrogen) atoms. The van der Waals surface area contributed by atoms with Crippen LogP contribution in [0.2, 0.25) is 5.02 Å². The van der Waals surface area contributed by atoms with Crippen molar-refractivity contribution in [1.29, 1.82) is 0 Å². The van der Waals surface area contributed by atoms with Gasteiger partial charge in [-0.3, -0.25) is 4.79 Å². The first kappa shape index (κ1) is 24.8. The van der Waals surface area contributed by atoms with E-state index in [1.807, 2.05) is 37.3 Å². The number of carbonyl (C=O) groups is 1. The first-order valence-corrected chi connectivity index (χ1v) is 11.5. The van der Waals surface area contributed by atoms with E-state index in [9.17, 15) is 9.18 Å². The van der Waals surface area contributed by atoms with Crippen molar-refractivity contribution in [2.75, 3.05) is 18.5 Å². The van der Waals surface area contributed by atoms with E-state index in [2.05, 4.69) is 38.4 Å². The van der Waals surface area contributed by atoms with Crippen molar-refractivity contribution in [2.45, 2.75) is 13.5 Å². The zero-order chi connectivity index (χ0) is 23.6. The summed E-state index contributed by atoms with van der Waals surface area (Å²) in [6.07, 6.45) is 1.53. The SMILES string of the molecule is CCOc1cc(/C=N\NC(=O)CNc2ccc(F)cc2)cc(I)c1OCc1ccc(Cl)cc1. The minimum Gasteiger partial charge on any atom is -0.490 e. The molecule has 0 saturated carbocycles. The molecule has 3 aromatic carbocycles. The Labute approximate surface area is 210 Å². The van der Waals surface area contributed by atoms with Gasteiger partial charge in [-0.15, -0.1) is 0 Å². The molecular formula is C24H22ClFIN3O3. The van der Waals surface area contributed by atoms with Gasteiger partial charge in [0.25, 0.3) is 5.91 Å². The van der Waals surface area contributed by atoms with Crippen LogP contribution in [0, 0.1) is 9.39 Å². The summed E-state index contributed by atoms with van der Waals surface area (Å²) in [5, 5.41) is 7.57. The summed E-state index contributed by atoms with van der Waals surface area (Å²) in [5.74, 6) is 0.552. The van der Waals surface area contributed by atoms with E-state index >= 15 is 0 Å². The largest absolute Gasteiger partial charge is 0.490 e. The Morgan fingerprint density at radius 3 is 2.55 bits per heavy atom. The van der Waals surface area contributed by atoms with E-state index in [4.69, 9.17) is 21.1 Å². The summed E-state index contributed by atoms with van der Waals surface area (Å²) in [4.78, 5) is 12.0. The molecule has 0 atom stereocenters. The third kappa shape index (κ3) is 7.90. The number of hydrogen-bond acceptors (Lipinski definition) is 5. The van der Waals surface area contributed by atoms with Crippen molar-refractivity contribution in [2.24, 2.45) is 5.10 Å². The molecule has 3 rings (SSSR count). The Morgan fingerprint density at radius 2 is 1.85 bits per heavy atom. The van der Waals surface area contributed by atoms with Crippen molar-refractivity contribution in [1.82, 2.24) is 5.43 Å². The van der Waals surface area contributed by atoms with Gasteiger partial charge in [0.1, 0.15) is 12.4 Å². The van der Waals surface area contributed by atoms with Crippen molar-refractivity contribution in [3.63, 3.8) is 0 Å². The van der Waals surface area contributed by atoms with Gasteiger partial charge in [-0.05, 0) is 89.2 Å². The average molecular weight is 582 g/mol. The van der Waals surface area contributed by atoms with E-state index in [1.54, 1.807) is 18.2 Å². The number of amides is 1. The number of nitrogens with zero attached hydrogens (tertiary/aromatic N) is 1. The summed E-state index contributed by atoms with van der Waals surface area (Å²) >= 11 is 8.11. The zero-order valence-corrected chi connectivity index (χ0v) is 20.7. The van der Waals surface area contributed by atoms with Crippen molar-refractivity contribution < 1.29 is 18.7 Å². The van der Waals surface area contributed by atoms with Crippen LogP contribution in [0.25, 0.3) is 0 Å². The molecule has 1 amide bonds. The van der Waals surface area contributed by atoms with Crippen LogP contribution in [0.5, 0.6) is 11.5 Å². The second-order valence-corrected chi connectivity index (χ2v) is 8.43. The van der Waals surface area contributed by atoms with Gasteiger partial charge in [0.15, 0.2) is 11.5 Å². The third-order valence-corrected chi connectivity index (χ3v) is 5.38. The number of rotatable bonds is 10. The van der Waals surface area contributed by atoms with Gasteiger partial charge in [-0.1, -0.05) is 23.7 Å². The van der Waals surface area contributed by atoms with E-state index in [-0.39, 0.29) is 18.3 Å². The van der Waals surface area contributed by atoms with Gasteiger partial charge in [-0.2, -0.15) is 5.10 Å². The molecule has 0 bridgehead atoms. The topological polar surface area (TPSA) is 72.0 Å². The van der Waals surface area contributed by atoms with E-state index in [1.165, 1.54) is 18.3 Å². The molecule has 0 unspecified atom stereocenters. The fourth-order valence-electron chi connectivity index (χ4n) is 2.77. The molecule has 0 aromatic heterocycles. The lowest BCUT2D eigenvalue weighted by molar-refractivity contribution is -0.119. The molecule has 0 radical (unpaired) electrons. The minimum atomic E-state index is -0.336. The molecule has 0 fully saturated rings. The molecular weight excluding hydrogens is 560 g/mol. The maximum atomic E-state index is 12.9. The smallest absolute Gasteiger partial charge is 0.259 e. The number of halogens is 3. The van der Waals surface area contributed by atoms with E-state index < -0.39 is 0 Å². The Hall–Kier alpha value is -2.85. The van der Waals surface area contributed by atoms with Crippen LogP contribution in [0.4, 0.5) is 10.1 Å². The first-order chi connectivity index (χ1) is 15.9. The molecule has 0 aliphatic rings. The van der Waals surface area contributed by atoms with Crippen LogP contribution < -0.4 is 20.2 Å². The van der Waals surface area contributed by atoms with E-state index in [0.717, 1.165) is 14.7 Å². The predicted molar refractivity (Wildman–Crippen MR) is 137 cm³/mol. The lowest BCUT2D eigenvalue weighted by Crippen LogP contribution is -2.25. The Kier molecular flexibility index (Phi) is 9.32. The molecule has 0 heterocycles. The quantitative estimate of drug-likeness (QED) is 0.185. The van der Waals surface area contributed by atoms with Crippen molar-refractivity contribution in [3.05, 3.63) is 86.2 Å². The molecule has 0 spiro atoms. The molecule has 9 heteroatoms. The molecule has 0 saturated heterocycles. The second kappa shape index (κ2) is 12.4. The molecule has 6 nitrogen and oxygen atoms in total. The summed E-state index contributed by atoms with van der Waals surface area (Å²) in [6.45, 7) is 2.74. The maximum Gasteiger partial charge on any atom is 0.259 e. The van der Waals surface area contributed by atoms with Gasteiger partial charge < -0.3 is 14.8 Å².